The zero-order valence-corrected chi connectivity index (χ0v) is 9.89. The van der Waals surface area contributed by atoms with Gasteiger partial charge in [-0.3, -0.25) is 9.89 Å². The highest BCUT2D eigenvalue weighted by Crippen LogP contribution is 2.30. The maximum Gasteiger partial charge on any atom is 0.293 e. The zero-order valence-electron chi connectivity index (χ0n) is 9.89. The molecule has 0 amide bonds. The minimum atomic E-state index is -0.0623. The summed E-state index contributed by atoms with van der Waals surface area (Å²) in [6.07, 6.45) is 8.32. The Morgan fingerprint density at radius 2 is 2.29 bits per heavy atom. The second-order valence-electron chi connectivity index (χ2n) is 4.68. The monoisotopic (exact) mass is 237 g/mol. The van der Waals surface area contributed by atoms with Gasteiger partial charge in [-0.2, -0.15) is 5.10 Å². The first kappa shape index (κ1) is 12.0. The Kier molecular flexibility index (Phi) is 4.01. The largest absolute Gasteiger partial charge is 0.464 e. The van der Waals surface area contributed by atoms with Gasteiger partial charge in [-0.05, 0) is 18.8 Å². The van der Waals surface area contributed by atoms with E-state index in [0.717, 1.165) is 18.4 Å². The van der Waals surface area contributed by atoms with Crippen molar-refractivity contribution in [3.05, 3.63) is 11.8 Å². The van der Waals surface area contributed by atoms with Crippen molar-refractivity contribution in [2.24, 2.45) is 5.92 Å². The SMILES string of the molecule is Nc1[nH]ncc1CC(OC=O)C1CCCCC1. The van der Waals surface area contributed by atoms with E-state index in [1.54, 1.807) is 6.20 Å². The first-order valence-electron chi connectivity index (χ1n) is 6.18. The van der Waals surface area contributed by atoms with Gasteiger partial charge in [-0.1, -0.05) is 19.3 Å². The number of nitrogens with one attached hydrogen (secondary N) is 1. The average Bonchev–Trinajstić information content (AvgIpc) is 2.76. The number of carbonyl (C=O) groups excluding carboxylic acids is 1. The molecule has 0 saturated heterocycles. The molecule has 1 unspecified atom stereocenters. The van der Waals surface area contributed by atoms with Crippen LogP contribution in [0.3, 0.4) is 0 Å². The number of nitrogen functional groups attached to an aromatic ring is 1. The van der Waals surface area contributed by atoms with Crippen LogP contribution in [0, 0.1) is 5.92 Å². The molecule has 0 aliphatic heterocycles. The molecule has 1 aromatic heterocycles. The molecule has 0 aromatic carbocycles. The number of rotatable bonds is 5. The van der Waals surface area contributed by atoms with Crippen LogP contribution in [0.25, 0.3) is 0 Å². The number of hydrogen-bond acceptors (Lipinski definition) is 4. The number of hydrogen-bond donors (Lipinski definition) is 2. The summed E-state index contributed by atoms with van der Waals surface area (Å²) in [6.45, 7) is 0.551. The van der Waals surface area contributed by atoms with Gasteiger partial charge in [-0.15, -0.1) is 0 Å². The predicted octanol–water partition coefficient (Wildman–Crippen LogP) is 1.66. The van der Waals surface area contributed by atoms with Gasteiger partial charge in [-0.25, -0.2) is 0 Å². The lowest BCUT2D eigenvalue weighted by Gasteiger charge is -2.28. The van der Waals surface area contributed by atoms with Crippen LogP contribution in [0.4, 0.5) is 5.82 Å². The summed E-state index contributed by atoms with van der Waals surface area (Å²) in [7, 11) is 0. The Morgan fingerprint density at radius 1 is 1.53 bits per heavy atom. The fourth-order valence-electron chi connectivity index (χ4n) is 2.60. The second kappa shape index (κ2) is 5.70. The Bertz CT molecular complexity index is 358. The van der Waals surface area contributed by atoms with Gasteiger partial charge in [0.1, 0.15) is 11.9 Å². The Labute approximate surface area is 101 Å². The lowest BCUT2D eigenvalue weighted by molar-refractivity contribution is -0.136. The summed E-state index contributed by atoms with van der Waals surface area (Å²) in [5.74, 6) is 1.03. The third-order valence-corrected chi connectivity index (χ3v) is 3.58. The van der Waals surface area contributed by atoms with E-state index in [-0.39, 0.29) is 6.10 Å². The maximum absolute atomic E-state index is 10.6. The van der Waals surface area contributed by atoms with E-state index in [1.165, 1.54) is 19.3 Å². The van der Waals surface area contributed by atoms with Crippen molar-refractivity contribution in [1.29, 1.82) is 0 Å². The van der Waals surface area contributed by atoms with Gasteiger partial charge in [0.25, 0.3) is 6.47 Å². The molecule has 3 N–H and O–H groups in total. The van der Waals surface area contributed by atoms with Crippen molar-refractivity contribution in [3.8, 4) is 0 Å². The molecule has 5 heteroatoms. The topological polar surface area (TPSA) is 81.0 Å². The van der Waals surface area contributed by atoms with E-state index in [9.17, 15) is 4.79 Å². The summed E-state index contributed by atoms with van der Waals surface area (Å²) in [5.41, 5.74) is 6.69. The number of nitrogens with zero attached hydrogens (tertiary/aromatic N) is 1. The molecule has 1 saturated carbocycles. The number of carbonyl (C=O) groups is 1. The molecule has 94 valence electrons. The molecule has 1 heterocycles. The molecular formula is C12H19N3O2. The van der Waals surface area contributed by atoms with Crippen LogP contribution in [-0.4, -0.2) is 22.8 Å². The highest BCUT2D eigenvalue weighted by Gasteiger charge is 2.26. The number of aromatic nitrogens is 2. The van der Waals surface area contributed by atoms with Crippen molar-refractivity contribution < 1.29 is 9.53 Å². The molecule has 2 rings (SSSR count). The van der Waals surface area contributed by atoms with E-state index in [2.05, 4.69) is 10.2 Å². The molecule has 5 nitrogen and oxygen atoms in total. The smallest absolute Gasteiger partial charge is 0.293 e. The van der Waals surface area contributed by atoms with Crippen LogP contribution in [0.2, 0.25) is 0 Å². The normalized spacial score (nSPS) is 18.8. The molecule has 0 bridgehead atoms. The van der Waals surface area contributed by atoms with E-state index >= 15 is 0 Å². The van der Waals surface area contributed by atoms with Crippen molar-refractivity contribution in [3.63, 3.8) is 0 Å². The van der Waals surface area contributed by atoms with Gasteiger partial charge >= 0.3 is 0 Å². The van der Waals surface area contributed by atoms with Crippen LogP contribution < -0.4 is 5.73 Å². The third kappa shape index (κ3) is 2.99. The van der Waals surface area contributed by atoms with Gasteiger partial charge in [0.05, 0.1) is 6.20 Å². The van der Waals surface area contributed by atoms with Crippen LogP contribution in [0.15, 0.2) is 6.20 Å². The third-order valence-electron chi connectivity index (χ3n) is 3.58. The summed E-state index contributed by atoms with van der Waals surface area (Å²) in [6, 6.07) is 0. The fraction of sp³-hybridized carbons (Fsp3) is 0.667. The van der Waals surface area contributed by atoms with Gasteiger partial charge in [0.2, 0.25) is 0 Å². The molecule has 1 atom stereocenters. The quantitative estimate of drug-likeness (QED) is 0.763. The second-order valence-corrected chi connectivity index (χ2v) is 4.68. The van der Waals surface area contributed by atoms with E-state index in [4.69, 9.17) is 10.5 Å². The molecule has 0 spiro atoms. The molecule has 1 fully saturated rings. The van der Waals surface area contributed by atoms with Crippen molar-refractivity contribution in [1.82, 2.24) is 10.2 Å². The molecule has 0 radical (unpaired) electrons. The number of anilines is 1. The van der Waals surface area contributed by atoms with Gasteiger partial charge < -0.3 is 10.5 Å². The van der Waals surface area contributed by atoms with Crippen molar-refractivity contribution in [2.75, 3.05) is 5.73 Å². The Balaban J connectivity index is 2.01. The van der Waals surface area contributed by atoms with Crippen molar-refractivity contribution >= 4 is 12.3 Å². The Morgan fingerprint density at radius 3 is 2.88 bits per heavy atom. The molecular weight excluding hydrogens is 218 g/mol. The van der Waals surface area contributed by atoms with Crippen LogP contribution in [0.5, 0.6) is 0 Å². The van der Waals surface area contributed by atoms with Crippen LogP contribution in [0.1, 0.15) is 37.7 Å². The zero-order chi connectivity index (χ0) is 12.1. The highest BCUT2D eigenvalue weighted by molar-refractivity contribution is 5.40. The minimum Gasteiger partial charge on any atom is -0.464 e. The number of H-pyrrole nitrogens is 1. The summed E-state index contributed by atoms with van der Waals surface area (Å²) in [5, 5.41) is 6.59. The molecule has 1 aliphatic rings. The standard InChI is InChI=1S/C12H19N3O2/c13-12-10(7-14-15-12)6-11(17-8-16)9-4-2-1-3-5-9/h7-9,11H,1-6H2,(H3,13,14,15). The summed E-state index contributed by atoms with van der Waals surface area (Å²) < 4.78 is 5.23. The van der Waals surface area contributed by atoms with Gasteiger partial charge in [0, 0.05) is 12.0 Å². The Hall–Kier alpha value is -1.52. The average molecular weight is 237 g/mol. The molecule has 17 heavy (non-hydrogen) atoms. The molecule has 1 aromatic rings. The van der Waals surface area contributed by atoms with E-state index in [1.807, 2.05) is 0 Å². The minimum absolute atomic E-state index is 0.0623. The highest BCUT2D eigenvalue weighted by atomic mass is 16.5. The number of aromatic amines is 1. The first-order valence-corrected chi connectivity index (χ1v) is 6.18. The number of ether oxygens (including phenoxy) is 1. The predicted molar refractivity (Wildman–Crippen MR) is 64.2 cm³/mol. The molecule has 1 aliphatic carbocycles. The first-order chi connectivity index (χ1) is 8.31. The van der Waals surface area contributed by atoms with Crippen molar-refractivity contribution in [2.45, 2.75) is 44.6 Å². The van der Waals surface area contributed by atoms with E-state index in [0.29, 0.717) is 24.6 Å². The summed E-state index contributed by atoms with van der Waals surface area (Å²) in [4.78, 5) is 10.6. The lowest BCUT2D eigenvalue weighted by Crippen LogP contribution is -2.28. The lowest BCUT2D eigenvalue weighted by atomic mass is 9.83. The fourth-order valence-corrected chi connectivity index (χ4v) is 2.60. The number of nitrogens with two attached hydrogens (primary N) is 1. The van der Waals surface area contributed by atoms with E-state index < -0.39 is 0 Å². The maximum atomic E-state index is 10.6. The van der Waals surface area contributed by atoms with Crippen LogP contribution in [-0.2, 0) is 16.0 Å². The van der Waals surface area contributed by atoms with Gasteiger partial charge in [0.15, 0.2) is 0 Å². The summed E-state index contributed by atoms with van der Waals surface area (Å²) >= 11 is 0. The van der Waals surface area contributed by atoms with Crippen LogP contribution >= 0.6 is 0 Å².